The summed E-state index contributed by atoms with van der Waals surface area (Å²) in [7, 11) is 0. The van der Waals surface area contributed by atoms with Crippen molar-refractivity contribution in [1.29, 1.82) is 0 Å². The summed E-state index contributed by atoms with van der Waals surface area (Å²) in [6, 6.07) is 6.21. The Balaban J connectivity index is 1.59. The van der Waals surface area contributed by atoms with Gasteiger partial charge in [-0.2, -0.15) is 5.10 Å². The van der Waals surface area contributed by atoms with E-state index in [2.05, 4.69) is 37.2 Å². The Labute approximate surface area is 139 Å². The van der Waals surface area contributed by atoms with Gasteiger partial charge in [-0.3, -0.25) is 15.0 Å². The third-order valence-corrected chi connectivity index (χ3v) is 4.13. The summed E-state index contributed by atoms with van der Waals surface area (Å²) in [4.78, 5) is 17.9. The second kappa shape index (κ2) is 5.63. The third kappa shape index (κ3) is 2.60. The van der Waals surface area contributed by atoms with Crippen LogP contribution in [0.25, 0.3) is 16.6 Å². The fourth-order valence-corrected chi connectivity index (χ4v) is 2.80. The van der Waals surface area contributed by atoms with Crippen molar-refractivity contribution in [2.24, 2.45) is 0 Å². The van der Waals surface area contributed by atoms with E-state index in [1.54, 1.807) is 0 Å². The molecular formula is C18H18N6. The van der Waals surface area contributed by atoms with Crippen LogP contribution >= 0.6 is 0 Å². The van der Waals surface area contributed by atoms with Crippen LogP contribution in [0.5, 0.6) is 0 Å². The van der Waals surface area contributed by atoms with E-state index in [0.29, 0.717) is 0 Å². The minimum Gasteiger partial charge on any atom is -0.259 e. The summed E-state index contributed by atoms with van der Waals surface area (Å²) in [5.74, 6) is 0.818. The molecule has 0 N–H and O–H groups in total. The van der Waals surface area contributed by atoms with Gasteiger partial charge in [0, 0.05) is 29.4 Å². The van der Waals surface area contributed by atoms with Gasteiger partial charge in [0.05, 0.1) is 23.1 Å². The van der Waals surface area contributed by atoms with Crippen molar-refractivity contribution in [3.8, 4) is 0 Å². The van der Waals surface area contributed by atoms with E-state index in [4.69, 9.17) is 0 Å². The summed E-state index contributed by atoms with van der Waals surface area (Å²) < 4.78 is 1.86. The lowest BCUT2D eigenvalue weighted by Gasteiger charge is -2.02. The van der Waals surface area contributed by atoms with E-state index in [1.165, 1.54) is 0 Å². The molecule has 24 heavy (non-hydrogen) atoms. The second-order valence-corrected chi connectivity index (χ2v) is 6.07. The summed E-state index contributed by atoms with van der Waals surface area (Å²) in [5.41, 5.74) is 5.67. The summed E-state index contributed by atoms with van der Waals surface area (Å²) in [5, 5.41) is 5.71. The Hall–Kier alpha value is -2.89. The number of fused-ring (bicyclic) bond motifs is 2. The predicted octanol–water partition coefficient (Wildman–Crippen LogP) is 2.78. The van der Waals surface area contributed by atoms with Gasteiger partial charge in [-0.05, 0) is 39.3 Å². The van der Waals surface area contributed by atoms with Crippen molar-refractivity contribution in [2.75, 3.05) is 0 Å². The van der Waals surface area contributed by atoms with Gasteiger partial charge in [0.25, 0.3) is 0 Å². The molecule has 0 amide bonds. The average Bonchev–Trinajstić information content (AvgIpc) is 3.02. The number of hydrogen-bond acceptors (Lipinski definition) is 5. The number of rotatable bonds is 3. The summed E-state index contributed by atoms with van der Waals surface area (Å²) in [6.07, 6.45) is 5.20. The normalized spacial score (nSPS) is 11.5. The van der Waals surface area contributed by atoms with Crippen LogP contribution in [0, 0.1) is 20.8 Å². The van der Waals surface area contributed by atoms with Crippen molar-refractivity contribution >= 4 is 16.6 Å². The number of aryl methyl sites for hydroxylation is 5. The highest BCUT2D eigenvalue weighted by atomic mass is 15.3. The van der Waals surface area contributed by atoms with Crippen molar-refractivity contribution in [3.63, 3.8) is 0 Å². The van der Waals surface area contributed by atoms with Crippen LogP contribution in [0.1, 0.15) is 28.6 Å². The SMILES string of the molecule is Cc1cc2ccc(CCc3nc4c(C)ncc(C)n4n3)nc2cn1. The molecule has 0 fully saturated rings. The van der Waals surface area contributed by atoms with Gasteiger partial charge in [-0.1, -0.05) is 6.07 Å². The maximum absolute atomic E-state index is 4.68. The zero-order chi connectivity index (χ0) is 16.7. The van der Waals surface area contributed by atoms with Gasteiger partial charge in [-0.25, -0.2) is 9.50 Å². The molecule has 6 heteroatoms. The first-order valence-electron chi connectivity index (χ1n) is 8.00. The van der Waals surface area contributed by atoms with Crippen LogP contribution in [-0.2, 0) is 12.8 Å². The third-order valence-electron chi connectivity index (χ3n) is 4.13. The maximum Gasteiger partial charge on any atom is 0.177 e. The van der Waals surface area contributed by atoms with Gasteiger partial charge in [0.2, 0.25) is 0 Å². The Morgan fingerprint density at radius 2 is 1.83 bits per heavy atom. The molecule has 0 radical (unpaired) electrons. The number of hydrogen-bond donors (Lipinski definition) is 0. The fraction of sp³-hybridized carbons (Fsp3) is 0.278. The van der Waals surface area contributed by atoms with E-state index in [-0.39, 0.29) is 0 Å². The molecule has 0 aromatic carbocycles. The quantitative estimate of drug-likeness (QED) is 0.581. The Kier molecular flexibility index (Phi) is 3.45. The van der Waals surface area contributed by atoms with E-state index in [1.807, 2.05) is 43.7 Å². The Morgan fingerprint density at radius 3 is 2.67 bits per heavy atom. The highest BCUT2D eigenvalue weighted by Gasteiger charge is 2.09. The zero-order valence-electron chi connectivity index (χ0n) is 14.0. The maximum atomic E-state index is 4.68. The van der Waals surface area contributed by atoms with Crippen LogP contribution in [0.4, 0.5) is 0 Å². The van der Waals surface area contributed by atoms with Crippen LogP contribution in [0.2, 0.25) is 0 Å². The lowest BCUT2D eigenvalue weighted by atomic mass is 10.1. The lowest BCUT2D eigenvalue weighted by molar-refractivity contribution is 0.808. The Bertz CT molecular complexity index is 1010. The standard InChI is InChI=1S/C18H18N6/c1-11-8-14-4-5-15(21-16(14)10-19-11)6-7-17-22-18-13(3)20-9-12(2)24(18)23-17/h4-5,8-10H,6-7H2,1-3H3. The van der Waals surface area contributed by atoms with Gasteiger partial charge in [0.1, 0.15) is 0 Å². The largest absolute Gasteiger partial charge is 0.259 e. The lowest BCUT2D eigenvalue weighted by Crippen LogP contribution is -1.99. The van der Waals surface area contributed by atoms with Gasteiger partial charge in [0.15, 0.2) is 11.5 Å². The topological polar surface area (TPSA) is 68.9 Å². The number of pyridine rings is 2. The molecule has 4 aromatic heterocycles. The van der Waals surface area contributed by atoms with Crippen molar-refractivity contribution in [1.82, 2.24) is 29.5 Å². The molecule has 0 saturated carbocycles. The minimum absolute atomic E-state index is 0.748. The molecule has 0 aliphatic carbocycles. The first kappa shape index (κ1) is 14.7. The van der Waals surface area contributed by atoms with Crippen LogP contribution in [0.15, 0.2) is 30.6 Å². The molecule has 0 unspecified atom stereocenters. The molecule has 0 aliphatic heterocycles. The van der Waals surface area contributed by atoms with Crippen LogP contribution in [0.3, 0.4) is 0 Å². The fourth-order valence-electron chi connectivity index (χ4n) is 2.80. The van der Waals surface area contributed by atoms with Crippen molar-refractivity contribution in [2.45, 2.75) is 33.6 Å². The molecule has 4 heterocycles. The molecule has 0 saturated heterocycles. The summed E-state index contributed by atoms with van der Waals surface area (Å²) >= 11 is 0. The first-order valence-corrected chi connectivity index (χ1v) is 8.00. The Morgan fingerprint density at radius 1 is 0.958 bits per heavy atom. The molecule has 6 nitrogen and oxygen atoms in total. The molecule has 0 atom stereocenters. The number of nitrogens with zero attached hydrogens (tertiary/aromatic N) is 6. The van der Waals surface area contributed by atoms with E-state index in [0.717, 1.165) is 58.0 Å². The molecule has 4 aromatic rings. The summed E-state index contributed by atoms with van der Waals surface area (Å²) in [6.45, 7) is 5.92. The van der Waals surface area contributed by atoms with E-state index in [9.17, 15) is 0 Å². The minimum atomic E-state index is 0.748. The monoisotopic (exact) mass is 318 g/mol. The highest BCUT2D eigenvalue weighted by molar-refractivity contribution is 5.78. The second-order valence-electron chi connectivity index (χ2n) is 6.07. The molecule has 0 aliphatic rings. The first-order chi connectivity index (χ1) is 11.6. The van der Waals surface area contributed by atoms with Gasteiger partial charge < -0.3 is 0 Å². The number of aromatic nitrogens is 6. The molecule has 120 valence electrons. The molecule has 0 spiro atoms. The molecular weight excluding hydrogens is 300 g/mol. The average molecular weight is 318 g/mol. The van der Waals surface area contributed by atoms with E-state index >= 15 is 0 Å². The molecule has 4 rings (SSSR count). The van der Waals surface area contributed by atoms with Crippen LogP contribution < -0.4 is 0 Å². The molecule has 0 bridgehead atoms. The van der Waals surface area contributed by atoms with Crippen molar-refractivity contribution < 1.29 is 0 Å². The van der Waals surface area contributed by atoms with Crippen molar-refractivity contribution in [3.05, 3.63) is 59.2 Å². The smallest absolute Gasteiger partial charge is 0.177 e. The predicted molar refractivity (Wildman–Crippen MR) is 91.9 cm³/mol. The van der Waals surface area contributed by atoms with E-state index < -0.39 is 0 Å². The highest BCUT2D eigenvalue weighted by Crippen LogP contribution is 2.14. The van der Waals surface area contributed by atoms with Crippen LogP contribution in [-0.4, -0.2) is 29.5 Å². The zero-order valence-corrected chi connectivity index (χ0v) is 14.0. The van der Waals surface area contributed by atoms with Gasteiger partial charge >= 0.3 is 0 Å². The van der Waals surface area contributed by atoms with Gasteiger partial charge in [-0.15, -0.1) is 0 Å².